The molecule has 2 heterocycles. The fourth-order valence-electron chi connectivity index (χ4n) is 2.47. The minimum atomic E-state index is -0.625. The van der Waals surface area contributed by atoms with Gasteiger partial charge < -0.3 is 14.0 Å². The van der Waals surface area contributed by atoms with Crippen LogP contribution in [0.5, 0.6) is 0 Å². The number of rotatable bonds is 3. The van der Waals surface area contributed by atoms with Crippen LogP contribution in [0.1, 0.15) is 45.2 Å². The summed E-state index contributed by atoms with van der Waals surface area (Å²) in [5.74, 6) is 0. The molecule has 1 aliphatic rings. The van der Waals surface area contributed by atoms with Gasteiger partial charge in [0.05, 0.1) is 0 Å². The summed E-state index contributed by atoms with van der Waals surface area (Å²) in [5, 5.41) is 3.17. The van der Waals surface area contributed by atoms with E-state index in [1.807, 2.05) is 6.20 Å². The Kier molecular flexibility index (Phi) is 5.86. The Morgan fingerprint density at radius 3 is 2.65 bits per heavy atom. The van der Waals surface area contributed by atoms with E-state index in [9.17, 15) is 9.59 Å². The molecule has 7 heteroatoms. The van der Waals surface area contributed by atoms with Crippen LogP contribution in [0.4, 0.5) is 10.5 Å². The molecule has 0 aromatic carbocycles. The monoisotopic (exact) mass is 386 g/mol. The Bertz CT molecular complexity index is 615. The van der Waals surface area contributed by atoms with Gasteiger partial charge in [-0.3, -0.25) is 10.1 Å². The fourth-order valence-corrected chi connectivity index (χ4v) is 2.78. The van der Waals surface area contributed by atoms with Gasteiger partial charge in [-0.25, -0.2) is 4.79 Å². The molecule has 1 aromatic rings. The lowest BCUT2D eigenvalue weighted by molar-refractivity contribution is 0.0633. The molecular weight excluding hydrogens is 364 g/mol. The molecule has 0 spiro atoms. The molecule has 0 unspecified atom stereocenters. The van der Waals surface area contributed by atoms with E-state index in [-0.39, 0.29) is 17.3 Å². The maximum absolute atomic E-state index is 12.7. The molecule has 6 nitrogen and oxygen atoms in total. The fraction of sp³-hybridized carbons (Fsp3) is 0.625. The smallest absolute Gasteiger partial charge is 0.412 e. The summed E-state index contributed by atoms with van der Waals surface area (Å²) >= 11 is 3.41. The van der Waals surface area contributed by atoms with Gasteiger partial charge in [0.15, 0.2) is 0 Å². The topological polar surface area (TPSA) is 69.6 Å². The van der Waals surface area contributed by atoms with Crippen molar-refractivity contribution < 1.29 is 14.3 Å². The Labute approximate surface area is 144 Å². The van der Waals surface area contributed by atoms with E-state index in [0.29, 0.717) is 18.5 Å². The lowest BCUT2D eigenvalue weighted by Gasteiger charge is -2.25. The average Bonchev–Trinajstić information content (AvgIpc) is 2.48. The number of aromatic nitrogens is 1. The number of alkyl halides is 1. The highest BCUT2D eigenvalue weighted by atomic mass is 79.9. The maximum Gasteiger partial charge on any atom is 0.412 e. The number of carbonyl (C=O) groups is 1. The first-order chi connectivity index (χ1) is 10.8. The highest BCUT2D eigenvalue weighted by molar-refractivity contribution is 9.08. The SMILES string of the molecule is CC(C)(C)OC(=O)Nc1cc(CBr)cn(C2CCOCC2)c1=O. The van der Waals surface area contributed by atoms with Crippen LogP contribution in [0.3, 0.4) is 0 Å². The number of ether oxygens (including phenoxy) is 2. The zero-order valence-electron chi connectivity index (χ0n) is 13.7. The van der Waals surface area contributed by atoms with Crippen molar-refractivity contribution in [3.05, 3.63) is 28.2 Å². The van der Waals surface area contributed by atoms with Crippen LogP contribution in [0.2, 0.25) is 0 Å². The molecule has 1 aliphatic heterocycles. The molecule has 1 amide bonds. The van der Waals surface area contributed by atoms with Crippen LogP contribution >= 0.6 is 15.9 Å². The second-order valence-electron chi connectivity index (χ2n) is 6.58. The van der Waals surface area contributed by atoms with E-state index in [1.165, 1.54) is 0 Å². The predicted octanol–water partition coefficient (Wildman–Crippen LogP) is 3.44. The third-order valence-corrected chi connectivity index (χ3v) is 4.12. The average molecular weight is 387 g/mol. The summed E-state index contributed by atoms with van der Waals surface area (Å²) in [6, 6.07) is 1.77. The number of amides is 1. The van der Waals surface area contributed by atoms with Crippen molar-refractivity contribution in [1.29, 1.82) is 0 Å². The van der Waals surface area contributed by atoms with Crippen molar-refractivity contribution >= 4 is 27.7 Å². The van der Waals surface area contributed by atoms with Crippen LogP contribution in [0.25, 0.3) is 0 Å². The molecule has 1 N–H and O–H groups in total. The van der Waals surface area contributed by atoms with Crippen LogP contribution in [-0.2, 0) is 14.8 Å². The van der Waals surface area contributed by atoms with Gasteiger partial charge in [0.2, 0.25) is 0 Å². The molecule has 0 atom stereocenters. The van der Waals surface area contributed by atoms with Crippen LogP contribution in [0.15, 0.2) is 17.1 Å². The summed E-state index contributed by atoms with van der Waals surface area (Å²) in [5.41, 5.74) is 0.328. The zero-order valence-corrected chi connectivity index (χ0v) is 15.3. The molecule has 1 saturated heterocycles. The maximum atomic E-state index is 12.7. The van der Waals surface area contributed by atoms with Gasteiger partial charge in [0, 0.05) is 30.8 Å². The van der Waals surface area contributed by atoms with Gasteiger partial charge in [-0.2, -0.15) is 0 Å². The number of halogens is 1. The van der Waals surface area contributed by atoms with Gasteiger partial charge in [0.1, 0.15) is 11.3 Å². The van der Waals surface area contributed by atoms with Crippen molar-refractivity contribution in [3.8, 4) is 0 Å². The van der Waals surface area contributed by atoms with Crippen LogP contribution in [-0.4, -0.2) is 29.5 Å². The number of nitrogens with one attached hydrogen (secondary N) is 1. The lowest BCUT2D eigenvalue weighted by Crippen LogP contribution is -2.33. The largest absolute Gasteiger partial charge is 0.444 e. The van der Waals surface area contributed by atoms with Gasteiger partial charge in [-0.05, 0) is 45.2 Å². The number of hydrogen-bond acceptors (Lipinski definition) is 4. The van der Waals surface area contributed by atoms with E-state index in [1.54, 1.807) is 31.4 Å². The highest BCUT2D eigenvalue weighted by Gasteiger charge is 2.21. The molecule has 2 rings (SSSR count). The standard InChI is InChI=1S/C16H23BrN2O4/c1-16(2,3)23-15(21)18-13-8-11(9-17)10-19(14(13)20)12-4-6-22-7-5-12/h8,10,12H,4-7,9H2,1-3H3,(H,18,21). The van der Waals surface area contributed by atoms with Crippen LogP contribution < -0.4 is 10.9 Å². The highest BCUT2D eigenvalue weighted by Crippen LogP contribution is 2.21. The molecule has 0 saturated carbocycles. The molecule has 1 aromatic heterocycles. The Morgan fingerprint density at radius 2 is 2.09 bits per heavy atom. The Hall–Kier alpha value is -1.34. The third kappa shape index (κ3) is 5.07. The predicted molar refractivity (Wildman–Crippen MR) is 92.3 cm³/mol. The molecule has 128 valence electrons. The quantitative estimate of drug-likeness (QED) is 0.807. The minimum Gasteiger partial charge on any atom is -0.444 e. The molecule has 0 radical (unpaired) electrons. The van der Waals surface area contributed by atoms with Crippen molar-refractivity contribution in [1.82, 2.24) is 4.57 Å². The van der Waals surface area contributed by atoms with Gasteiger partial charge in [-0.1, -0.05) is 15.9 Å². The van der Waals surface area contributed by atoms with E-state index in [2.05, 4.69) is 21.2 Å². The second kappa shape index (κ2) is 7.49. The summed E-state index contributed by atoms with van der Waals surface area (Å²) in [6.45, 7) is 6.63. The number of hydrogen-bond donors (Lipinski definition) is 1. The number of anilines is 1. The molecular formula is C16H23BrN2O4. The van der Waals surface area contributed by atoms with E-state index < -0.39 is 11.7 Å². The van der Waals surface area contributed by atoms with Crippen molar-refractivity contribution in [3.63, 3.8) is 0 Å². The number of carbonyl (C=O) groups excluding carboxylic acids is 1. The van der Waals surface area contributed by atoms with E-state index >= 15 is 0 Å². The third-order valence-electron chi connectivity index (χ3n) is 3.47. The zero-order chi connectivity index (χ0) is 17.0. The van der Waals surface area contributed by atoms with Crippen molar-refractivity contribution in [2.75, 3.05) is 18.5 Å². The first-order valence-electron chi connectivity index (χ1n) is 7.69. The molecule has 1 fully saturated rings. The number of pyridine rings is 1. The first-order valence-corrected chi connectivity index (χ1v) is 8.81. The Balaban J connectivity index is 2.28. The molecule has 23 heavy (non-hydrogen) atoms. The van der Waals surface area contributed by atoms with Crippen LogP contribution in [0, 0.1) is 0 Å². The minimum absolute atomic E-state index is 0.0921. The Morgan fingerprint density at radius 1 is 1.43 bits per heavy atom. The molecule has 0 bridgehead atoms. The molecule has 0 aliphatic carbocycles. The number of nitrogens with zero attached hydrogens (tertiary/aromatic N) is 1. The van der Waals surface area contributed by atoms with Gasteiger partial charge in [0.25, 0.3) is 5.56 Å². The summed E-state index contributed by atoms with van der Waals surface area (Å²) in [6.07, 6.45) is 2.79. The van der Waals surface area contributed by atoms with Gasteiger partial charge >= 0.3 is 6.09 Å². The van der Waals surface area contributed by atoms with Gasteiger partial charge in [-0.15, -0.1) is 0 Å². The first kappa shape index (κ1) is 18.0. The van der Waals surface area contributed by atoms with E-state index in [0.717, 1.165) is 18.4 Å². The summed E-state index contributed by atoms with van der Waals surface area (Å²) < 4.78 is 12.3. The van der Waals surface area contributed by atoms with E-state index in [4.69, 9.17) is 9.47 Å². The summed E-state index contributed by atoms with van der Waals surface area (Å²) in [7, 11) is 0. The lowest BCUT2D eigenvalue weighted by atomic mass is 10.1. The second-order valence-corrected chi connectivity index (χ2v) is 7.14. The van der Waals surface area contributed by atoms with Crippen molar-refractivity contribution in [2.45, 2.75) is 50.6 Å². The summed E-state index contributed by atoms with van der Waals surface area (Å²) in [4.78, 5) is 24.6. The van der Waals surface area contributed by atoms with Crippen molar-refractivity contribution in [2.24, 2.45) is 0 Å². The normalized spacial score (nSPS) is 16.2.